The number of aliphatic carboxylic acids is 2. The minimum atomic E-state index is -1.55. The molecule has 0 aliphatic carbocycles. The van der Waals surface area contributed by atoms with E-state index in [1.54, 1.807) is 31.2 Å². The van der Waals surface area contributed by atoms with Gasteiger partial charge in [0.1, 0.15) is 11.3 Å². The fourth-order valence-electron chi connectivity index (χ4n) is 6.21. The number of halogens is 1. The molecule has 7 heteroatoms. The van der Waals surface area contributed by atoms with Gasteiger partial charge in [0, 0.05) is 29.2 Å². The van der Waals surface area contributed by atoms with Crippen LogP contribution < -0.4 is 0 Å². The second kappa shape index (κ2) is 13.2. The highest BCUT2D eigenvalue weighted by Crippen LogP contribution is 2.53. The summed E-state index contributed by atoms with van der Waals surface area (Å²) in [7, 11) is 0. The molecular formula is C33H36ClNO5. The lowest BCUT2D eigenvalue weighted by Gasteiger charge is -2.48. The second-order valence-electron chi connectivity index (χ2n) is 10.5. The first kappa shape index (κ1) is 29.5. The van der Waals surface area contributed by atoms with Crippen LogP contribution in [0.4, 0.5) is 0 Å². The number of benzene rings is 3. The molecule has 0 amide bonds. The zero-order valence-corrected chi connectivity index (χ0v) is 23.6. The zero-order chi connectivity index (χ0) is 28.7. The van der Waals surface area contributed by atoms with E-state index in [1.165, 1.54) is 0 Å². The van der Waals surface area contributed by atoms with Gasteiger partial charge < -0.3 is 14.9 Å². The lowest BCUT2D eigenvalue weighted by atomic mass is 9.57. The largest absolute Gasteiger partial charge is 0.481 e. The summed E-state index contributed by atoms with van der Waals surface area (Å²) >= 11 is 6.38. The van der Waals surface area contributed by atoms with Crippen molar-refractivity contribution in [2.75, 3.05) is 13.2 Å². The van der Waals surface area contributed by atoms with Gasteiger partial charge in [-0.1, -0.05) is 91.3 Å². The first-order valence-electron chi connectivity index (χ1n) is 13.7. The number of carbonyl (C=O) groups is 2. The maximum atomic E-state index is 13.6. The molecule has 0 saturated carbocycles. The summed E-state index contributed by atoms with van der Waals surface area (Å²) in [5.41, 5.74) is 1.55. The number of ether oxygens (including phenoxy) is 1. The molecule has 0 saturated heterocycles. The third-order valence-electron chi connectivity index (χ3n) is 8.04. The number of aliphatic imine (C=N–C) groups is 1. The van der Waals surface area contributed by atoms with Gasteiger partial charge in [-0.05, 0) is 55.0 Å². The fraction of sp³-hybridized carbons (Fsp3) is 0.364. The fourth-order valence-corrected chi connectivity index (χ4v) is 6.41. The third kappa shape index (κ3) is 6.13. The molecule has 3 aromatic carbocycles. The summed E-state index contributed by atoms with van der Waals surface area (Å²) in [4.78, 5) is 31.1. The Balaban J connectivity index is 1.88. The van der Waals surface area contributed by atoms with Gasteiger partial charge in [-0.15, -0.1) is 0 Å². The van der Waals surface area contributed by atoms with Crippen molar-refractivity contribution >= 4 is 29.3 Å². The van der Waals surface area contributed by atoms with Gasteiger partial charge in [0.2, 0.25) is 0 Å². The minimum Gasteiger partial charge on any atom is -0.481 e. The maximum absolute atomic E-state index is 13.6. The number of carboxylic acids is 2. The van der Waals surface area contributed by atoms with E-state index < -0.39 is 35.2 Å². The Labute approximate surface area is 240 Å². The predicted molar refractivity (Wildman–Crippen MR) is 157 cm³/mol. The zero-order valence-electron chi connectivity index (χ0n) is 22.9. The van der Waals surface area contributed by atoms with Crippen molar-refractivity contribution < 1.29 is 24.5 Å². The molecule has 6 nitrogen and oxygen atoms in total. The van der Waals surface area contributed by atoms with Crippen molar-refractivity contribution in [3.8, 4) is 0 Å². The Morgan fingerprint density at radius 1 is 0.975 bits per heavy atom. The highest BCUT2D eigenvalue weighted by molar-refractivity contribution is 6.30. The highest BCUT2D eigenvalue weighted by atomic mass is 35.5. The number of rotatable bonds is 12. The predicted octanol–water partition coefficient (Wildman–Crippen LogP) is 7.08. The Morgan fingerprint density at radius 3 is 2.12 bits per heavy atom. The van der Waals surface area contributed by atoms with Crippen molar-refractivity contribution in [3.63, 3.8) is 0 Å². The van der Waals surface area contributed by atoms with Gasteiger partial charge in [0.25, 0.3) is 0 Å². The van der Waals surface area contributed by atoms with Crippen LogP contribution in [-0.4, -0.2) is 47.1 Å². The summed E-state index contributed by atoms with van der Waals surface area (Å²) in [6, 6.07) is 26.1. The molecule has 210 valence electrons. The summed E-state index contributed by atoms with van der Waals surface area (Å²) in [6.45, 7) is 4.20. The SMILES string of the molecule is CCCOCC1N=C(C)C(C(=O)O)C(c2cccc(Cl)c2)C1(CCC(c1ccccc1)c1ccccc1)C(=O)O. The van der Waals surface area contributed by atoms with Gasteiger partial charge in [0.05, 0.1) is 12.6 Å². The van der Waals surface area contributed by atoms with Gasteiger partial charge in [-0.25, -0.2) is 0 Å². The smallest absolute Gasteiger partial charge is 0.312 e. The van der Waals surface area contributed by atoms with Crippen LogP contribution in [-0.2, 0) is 14.3 Å². The van der Waals surface area contributed by atoms with Gasteiger partial charge >= 0.3 is 11.9 Å². The van der Waals surface area contributed by atoms with E-state index in [9.17, 15) is 19.8 Å². The Hall–Kier alpha value is -3.48. The number of hydrogen-bond donors (Lipinski definition) is 2. The Bertz CT molecular complexity index is 1290. The average molecular weight is 562 g/mol. The summed E-state index contributed by atoms with van der Waals surface area (Å²) in [5.74, 6) is -4.30. The van der Waals surface area contributed by atoms with Gasteiger partial charge in [-0.2, -0.15) is 0 Å². The molecular weight excluding hydrogens is 526 g/mol. The molecule has 4 unspecified atom stereocenters. The highest BCUT2D eigenvalue weighted by Gasteiger charge is 2.59. The van der Waals surface area contributed by atoms with Crippen LogP contribution >= 0.6 is 11.6 Å². The first-order valence-corrected chi connectivity index (χ1v) is 14.1. The normalized spacial score (nSPS) is 22.6. The second-order valence-corrected chi connectivity index (χ2v) is 10.9. The molecule has 0 spiro atoms. The molecule has 0 fully saturated rings. The van der Waals surface area contributed by atoms with Crippen molar-refractivity contribution in [1.82, 2.24) is 0 Å². The standard InChI is InChI=1S/C33H36ClNO5/c1-3-19-40-21-28-33(32(38)39,18-17-27(23-11-6-4-7-12-23)24-13-8-5-9-14-24)30(25-15-10-16-26(34)20-25)29(31(36)37)22(2)35-28/h4-16,20,27-30H,3,17-19,21H2,1-2H3,(H,36,37)(H,38,39). The van der Waals surface area contributed by atoms with E-state index in [-0.39, 0.29) is 18.9 Å². The van der Waals surface area contributed by atoms with E-state index in [1.807, 2.05) is 67.6 Å². The quantitative estimate of drug-likeness (QED) is 0.230. The maximum Gasteiger partial charge on any atom is 0.312 e. The van der Waals surface area contributed by atoms with Crippen LogP contribution in [0.1, 0.15) is 61.6 Å². The van der Waals surface area contributed by atoms with E-state index in [2.05, 4.69) is 0 Å². The molecule has 0 aromatic heterocycles. The van der Waals surface area contributed by atoms with E-state index in [4.69, 9.17) is 21.3 Å². The van der Waals surface area contributed by atoms with Crippen molar-refractivity contribution in [2.24, 2.45) is 16.3 Å². The summed E-state index contributed by atoms with van der Waals surface area (Å²) in [6.07, 6.45) is 1.44. The monoisotopic (exact) mass is 561 g/mol. The summed E-state index contributed by atoms with van der Waals surface area (Å²) in [5, 5.41) is 21.9. The van der Waals surface area contributed by atoms with Crippen LogP contribution in [0.2, 0.25) is 5.02 Å². The van der Waals surface area contributed by atoms with Crippen LogP contribution in [0.15, 0.2) is 89.9 Å². The van der Waals surface area contributed by atoms with Crippen LogP contribution in [0, 0.1) is 11.3 Å². The molecule has 40 heavy (non-hydrogen) atoms. The van der Waals surface area contributed by atoms with Crippen molar-refractivity contribution in [3.05, 3.63) is 107 Å². The van der Waals surface area contributed by atoms with Crippen molar-refractivity contribution in [2.45, 2.75) is 51.0 Å². The molecule has 2 N–H and O–H groups in total. The lowest BCUT2D eigenvalue weighted by Crippen LogP contribution is -2.56. The van der Waals surface area contributed by atoms with E-state index >= 15 is 0 Å². The lowest BCUT2D eigenvalue weighted by molar-refractivity contribution is -0.158. The molecule has 1 aliphatic rings. The van der Waals surface area contributed by atoms with Gasteiger partial charge in [0.15, 0.2) is 0 Å². The first-order chi connectivity index (χ1) is 19.3. The number of carboxylic acid groups (broad SMARTS) is 2. The van der Waals surface area contributed by atoms with E-state index in [0.717, 1.165) is 17.5 Å². The number of hydrogen-bond acceptors (Lipinski definition) is 4. The van der Waals surface area contributed by atoms with Crippen LogP contribution in [0.25, 0.3) is 0 Å². The molecule has 0 radical (unpaired) electrons. The van der Waals surface area contributed by atoms with Crippen LogP contribution in [0.3, 0.4) is 0 Å². The van der Waals surface area contributed by atoms with E-state index in [0.29, 0.717) is 29.3 Å². The molecule has 1 aliphatic heterocycles. The molecule has 0 bridgehead atoms. The third-order valence-corrected chi connectivity index (χ3v) is 8.27. The topological polar surface area (TPSA) is 96.2 Å². The Kier molecular flexibility index (Phi) is 9.77. The van der Waals surface area contributed by atoms with Crippen molar-refractivity contribution in [1.29, 1.82) is 0 Å². The molecule has 4 rings (SSSR count). The average Bonchev–Trinajstić information content (AvgIpc) is 2.94. The minimum absolute atomic E-state index is 0.0855. The summed E-state index contributed by atoms with van der Waals surface area (Å²) < 4.78 is 5.91. The van der Waals surface area contributed by atoms with Crippen LogP contribution in [0.5, 0.6) is 0 Å². The van der Waals surface area contributed by atoms with Gasteiger partial charge in [-0.3, -0.25) is 14.6 Å². The number of nitrogens with zero attached hydrogens (tertiary/aromatic N) is 1. The molecule has 1 heterocycles. The molecule has 4 atom stereocenters. The molecule has 3 aromatic rings. The Morgan fingerprint density at radius 2 is 1.60 bits per heavy atom.